The fraction of sp³-hybridized carbons (Fsp3) is 0.462. The van der Waals surface area contributed by atoms with E-state index in [4.69, 9.17) is 9.47 Å². The van der Waals surface area contributed by atoms with E-state index in [1.807, 2.05) is 6.92 Å². The van der Waals surface area contributed by atoms with Gasteiger partial charge in [-0.25, -0.2) is 0 Å². The highest BCUT2D eigenvalue weighted by molar-refractivity contribution is 5.76. The van der Waals surface area contributed by atoms with Crippen molar-refractivity contribution in [1.82, 2.24) is 5.32 Å². The van der Waals surface area contributed by atoms with E-state index < -0.39 is 12.0 Å². The van der Waals surface area contributed by atoms with E-state index in [2.05, 4.69) is 5.32 Å². The van der Waals surface area contributed by atoms with Crippen LogP contribution < -0.4 is 14.8 Å². The third-order valence-corrected chi connectivity index (χ3v) is 2.55. The second-order valence-corrected chi connectivity index (χ2v) is 3.87. The molecule has 0 saturated heterocycles. The van der Waals surface area contributed by atoms with Crippen molar-refractivity contribution < 1.29 is 19.4 Å². The Kier molecular flexibility index (Phi) is 5.45. The van der Waals surface area contributed by atoms with Crippen molar-refractivity contribution in [2.24, 2.45) is 0 Å². The summed E-state index contributed by atoms with van der Waals surface area (Å²) in [7, 11) is 3.07. The maximum absolute atomic E-state index is 11.3. The van der Waals surface area contributed by atoms with Gasteiger partial charge >= 0.3 is 5.97 Å². The molecule has 1 unspecified atom stereocenters. The molecule has 0 amide bonds. The highest BCUT2D eigenvalue weighted by Gasteiger charge is 2.20. The molecule has 1 rings (SSSR count). The molecular weight excluding hydrogens is 234 g/mol. The zero-order valence-electron chi connectivity index (χ0n) is 10.9. The van der Waals surface area contributed by atoms with E-state index >= 15 is 0 Å². The molecule has 0 saturated carbocycles. The van der Waals surface area contributed by atoms with E-state index in [9.17, 15) is 9.90 Å². The summed E-state index contributed by atoms with van der Waals surface area (Å²) in [6.07, 6.45) is 0.866. The van der Waals surface area contributed by atoms with Crippen LogP contribution in [0.5, 0.6) is 11.5 Å². The quantitative estimate of drug-likeness (QED) is 0.776. The Morgan fingerprint density at radius 1 is 1.28 bits per heavy atom. The van der Waals surface area contributed by atoms with Gasteiger partial charge in [0.25, 0.3) is 0 Å². The molecule has 0 heterocycles. The fourth-order valence-corrected chi connectivity index (χ4v) is 1.63. The number of nitrogens with one attached hydrogen (secondary N) is 1. The van der Waals surface area contributed by atoms with Crippen LogP contribution in [-0.4, -0.2) is 31.8 Å². The van der Waals surface area contributed by atoms with Crippen molar-refractivity contribution in [2.45, 2.75) is 19.4 Å². The molecule has 2 N–H and O–H groups in total. The molecule has 0 aliphatic carbocycles. The topological polar surface area (TPSA) is 67.8 Å². The summed E-state index contributed by atoms with van der Waals surface area (Å²) in [6.45, 7) is 2.62. The molecule has 0 aromatic heterocycles. The number of methoxy groups -OCH3 is 2. The number of carboxylic acids is 1. The molecule has 1 aromatic rings. The minimum Gasteiger partial charge on any atom is -0.497 e. The van der Waals surface area contributed by atoms with Crippen LogP contribution in [-0.2, 0) is 4.79 Å². The first-order valence-corrected chi connectivity index (χ1v) is 5.81. The molecule has 1 aromatic carbocycles. The van der Waals surface area contributed by atoms with E-state index in [0.29, 0.717) is 23.6 Å². The number of rotatable bonds is 7. The molecule has 0 fully saturated rings. The summed E-state index contributed by atoms with van der Waals surface area (Å²) in [4.78, 5) is 11.3. The monoisotopic (exact) mass is 253 g/mol. The van der Waals surface area contributed by atoms with Crippen molar-refractivity contribution in [3.8, 4) is 11.5 Å². The van der Waals surface area contributed by atoms with Crippen LogP contribution in [0.1, 0.15) is 24.9 Å². The van der Waals surface area contributed by atoms with Gasteiger partial charge in [-0.3, -0.25) is 4.79 Å². The van der Waals surface area contributed by atoms with Crippen LogP contribution in [0.15, 0.2) is 18.2 Å². The number of hydrogen-bond acceptors (Lipinski definition) is 4. The summed E-state index contributed by atoms with van der Waals surface area (Å²) in [5.74, 6) is 0.238. The normalized spacial score (nSPS) is 11.9. The van der Waals surface area contributed by atoms with Gasteiger partial charge in [0.05, 0.1) is 14.2 Å². The van der Waals surface area contributed by atoms with Gasteiger partial charge in [-0.05, 0) is 30.7 Å². The number of carbonyl (C=O) groups is 1. The summed E-state index contributed by atoms with van der Waals surface area (Å²) < 4.78 is 10.3. The average molecular weight is 253 g/mol. The SMILES string of the molecule is CCCNC(C(=O)O)c1cc(OC)cc(OC)c1. The maximum Gasteiger partial charge on any atom is 0.325 e. The molecular formula is C13H19NO4. The molecule has 0 aliphatic heterocycles. The number of hydrogen-bond donors (Lipinski definition) is 2. The second-order valence-electron chi connectivity index (χ2n) is 3.87. The average Bonchev–Trinajstić information content (AvgIpc) is 2.38. The van der Waals surface area contributed by atoms with Gasteiger partial charge in [-0.2, -0.15) is 0 Å². The van der Waals surface area contributed by atoms with Crippen molar-refractivity contribution in [3.63, 3.8) is 0 Å². The zero-order valence-corrected chi connectivity index (χ0v) is 10.9. The van der Waals surface area contributed by atoms with Crippen LogP contribution in [0.4, 0.5) is 0 Å². The first-order chi connectivity index (χ1) is 8.62. The predicted molar refractivity (Wildman–Crippen MR) is 68.2 cm³/mol. The zero-order chi connectivity index (χ0) is 13.5. The van der Waals surface area contributed by atoms with Gasteiger partial charge in [0, 0.05) is 6.07 Å². The van der Waals surface area contributed by atoms with Crippen LogP contribution in [0.25, 0.3) is 0 Å². The summed E-state index contributed by atoms with van der Waals surface area (Å²) in [5.41, 5.74) is 0.618. The van der Waals surface area contributed by atoms with Crippen LogP contribution in [0, 0.1) is 0 Å². The number of ether oxygens (including phenoxy) is 2. The van der Waals surface area contributed by atoms with Gasteiger partial charge in [-0.15, -0.1) is 0 Å². The number of carboxylic acid groups (broad SMARTS) is 1. The van der Waals surface area contributed by atoms with Crippen molar-refractivity contribution in [2.75, 3.05) is 20.8 Å². The smallest absolute Gasteiger partial charge is 0.325 e. The lowest BCUT2D eigenvalue weighted by molar-refractivity contribution is -0.139. The molecule has 18 heavy (non-hydrogen) atoms. The Morgan fingerprint density at radius 2 is 1.83 bits per heavy atom. The van der Waals surface area contributed by atoms with E-state index in [0.717, 1.165) is 6.42 Å². The molecule has 0 aliphatic rings. The first-order valence-electron chi connectivity index (χ1n) is 5.81. The van der Waals surface area contributed by atoms with Gasteiger partial charge in [0.2, 0.25) is 0 Å². The van der Waals surface area contributed by atoms with Crippen LogP contribution in [0.3, 0.4) is 0 Å². The molecule has 1 atom stereocenters. The lowest BCUT2D eigenvalue weighted by Gasteiger charge is -2.16. The molecule has 0 spiro atoms. The third kappa shape index (κ3) is 3.63. The first kappa shape index (κ1) is 14.3. The fourth-order valence-electron chi connectivity index (χ4n) is 1.63. The predicted octanol–water partition coefficient (Wildman–Crippen LogP) is 1.83. The lowest BCUT2D eigenvalue weighted by atomic mass is 10.1. The van der Waals surface area contributed by atoms with Crippen molar-refractivity contribution >= 4 is 5.97 Å². The lowest BCUT2D eigenvalue weighted by Crippen LogP contribution is -2.29. The maximum atomic E-state index is 11.3. The van der Waals surface area contributed by atoms with Gasteiger partial charge in [-0.1, -0.05) is 6.92 Å². The molecule has 5 heteroatoms. The van der Waals surface area contributed by atoms with Crippen molar-refractivity contribution in [3.05, 3.63) is 23.8 Å². The second kappa shape index (κ2) is 6.86. The Bertz CT molecular complexity index is 384. The summed E-state index contributed by atoms with van der Waals surface area (Å²) in [6, 6.07) is 4.35. The summed E-state index contributed by atoms with van der Waals surface area (Å²) in [5, 5.41) is 12.2. The number of benzene rings is 1. The van der Waals surface area contributed by atoms with Gasteiger partial charge in [0.1, 0.15) is 17.5 Å². The van der Waals surface area contributed by atoms with E-state index in [-0.39, 0.29) is 0 Å². The highest BCUT2D eigenvalue weighted by atomic mass is 16.5. The van der Waals surface area contributed by atoms with Gasteiger partial charge < -0.3 is 19.9 Å². The van der Waals surface area contributed by atoms with E-state index in [1.165, 1.54) is 14.2 Å². The Morgan fingerprint density at radius 3 is 2.22 bits per heavy atom. The summed E-state index contributed by atoms with van der Waals surface area (Å²) >= 11 is 0. The van der Waals surface area contributed by atoms with Crippen LogP contribution in [0.2, 0.25) is 0 Å². The molecule has 0 bridgehead atoms. The van der Waals surface area contributed by atoms with E-state index in [1.54, 1.807) is 18.2 Å². The Labute approximate surface area is 107 Å². The third-order valence-electron chi connectivity index (χ3n) is 2.55. The number of aliphatic carboxylic acids is 1. The molecule has 5 nitrogen and oxygen atoms in total. The minimum absolute atomic E-state index is 0.578. The minimum atomic E-state index is -0.918. The largest absolute Gasteiger partial charge is 0.497 e. The Balaban J connectivity index is 3.05. The molecule has 0 radical (unpaired) electrons. The van der Waals surface area contributed by atoms with Crippen molar-refractivity contribution in [1.29, 1.82) is 0 Å². The van der Waals surface area contributed by atoms with Crippen LogP contribution >= 0.6 is 0 Å². The molecule has 100 valence electrons. The Hall–Kier alpha value is -1.75. The highest BCUT2D eigenvalue weighted by Crippen LogP contribution is 2.26. The van der Waals surface area contributed by atoms with Gasteiger partial charge in [0.15, 0.2) is 0 Å². The standard InChI is InChI=1S/C13H19NO4/c1-4-5-14-12(13(15)16)9-6-10(17-2)8-11(7-9)18-3/h6-8,12,14H,4-5H2,1-3H3,(H,15,16).